The molecule has 0 aliphatic rings. The number of phosphoric acid groups is 1. The molecule has 1 unspecified atom stereocenters. The fourth-order valence-electron chi connectivity index (χ4n) is 4.90. The lowest BCUT2D eigenvalue weighted by Gasteiger charge is -2.25. The van der Waals surface area contributed by atoms with Crippen molar-refractivity contribution in [2.75, 3.05) is 19.8 Å². The number of aliphatic hydroxyl groups is 1. The summed E-state index contributed by atoms with van der Waals surface area (Å²) in [7, 11) is -4.29. The number of aliphatic hydroxyl groups excluding tert-OH is 1. The van der Waals surface area contributed by atoms with Gasteiger partial charge in [-0.25, -0.2) is 4.57 Å². The first-order valence-corrected chi connectivity index (χ1v) is 18.1. The molecule has 240 valence electrons. The van der Waals surface area contributed by atoms with E-state index >= 15 is 0 Å². The molecule has 5 N–H and O–H groups in total. The van der Waals surface area contributed by atoms with E-state index in [4.69, 9.17) is 14.8 Å². The SMILES string of the molecule is CCCCCCCCCCCCCC[C@@H](O)[C@H](COP(=O)(O)OCCN)NC(=O)CCCCCCCCCCC. The summed E-state index contributed by atoms with van der Waals surface area (Å²) in [5, 5.41) is 13.6. The second-order valence-corrected chi connectivity index (χ2v) is 12.8. The molecule has 0 spiro atoms. The normalized spacial score (nSPS) is 14.6. The summed E-state index contributed by atoms with van der Waals surface area (Å²) in [5.74, 6) is -0.166. The van der Waals surface area contributed by atoms with Crippen molar-refractivity contribution >= 4 is 13.7 Å². The number of hydrogen-bond acceptors (Lipinski definition) is 6. The summed E-state index contributed by atoms with van der Waals surface area (Å²) in [6.07, 6.45) is 25.3. The molecule has 0 saturated carbocycles. The number of carbonyl (C=O) groups is 1. The second-order valence-electron chi connectivity index (χ2n) is 11.4. The average Bonchev–Trinajstić information content (AvgIpc) is 2.93. The number of amides is 1. The number of nitrogens with two attached hydrogens (primary N) is 1. The monoisotopic (exact) mass is 592 g/mol. The van der Waals surface area contributed by atoms with Gasteiger partial charge in [-0.15, -0.1) is 0 Å². The van der Waals surface area contributed by atoms with Crippen LogP contribution >= 0.6 is 7.82 Å². The van der Waals surface area contributed by atoms with E-state index in [-0.39, 0.29) is 25.7 Å². The Balaban J connectivity index is 4.32. The van der Waals surface area contributed by atoms with Crippen LogP contribution in [0.2, 0.25) is 0 Å². The van der Waals surface area contributed by atoms with Crippen LogP contribution in [0.3, 0.4) is 0 Å². The Morgan fingerprint density at radius 2 is 1.15 bits per heavy atom. The van der Waals surface area contributed by atoms with Crippen LogP contribution in [0.15, 0.2) is 0 Å². The Morgan fingerprint density at radius 1 is 0.725 bits per heavy atom. The van der Waals surface area contributed by atoms with E-state index in [1.54, 1.807) is 0 Å². The Kier molecular flexibility index (Phi) is 28.3. The highest BCUT2D eigenvalue weighted by molar-refractivity contribution is 7.47. The highest BCUT2D eigenvalue weighted by Crippen LogP contribution is 2.43. The predicted molar refractivity (Wildman–Crippen MR) is 166 cm³/mol. The maximum Gasteiger partial charge on any atom is 0.472 e. The third-order valence-electron chi connectivity index (χ3n) is 7.46. The van der Waals surface area contributed by atoms with Crippen molar-refractivity contribution in [2.45, 2.75) is 174 Å². The predicted octanol–water partition coefficient (Wildman–Crippen LogP) is 7.94. The van der Waals surface area contributed by atoms with Crippen molar-refractivity contribution in [3.8, 4) is 0 Å². The van der Waals surface area contributed by atoms with Gasteiger partial charge >= 0.3 is 7.82 Å². The van der Waals surface area contributed by atoms with Gasteiger partial charge in [-0.05, 0) is 12.8 Å². The zero-order valence-corrected chi connectivity index (χ0v) is 27.0. The standard InChI is InChI=1S/C31H65N2O6P/c1-3-5-7-9-11-13-14-15-17-18-20-22-24-30(34)29(28-39-40(36,37)38-27-26-32)33-31(35)25-23-21-19-16-12-10-8-6-4-2/h29-30,34H,3-28,32H2,1-2H3,(H,33,35)(H,36,37)/t29-,30+/m0/s1. The molecule has 3 atom stereocenters. The van der Waals surface area contributed by atoms with E-state index in [1.165, 1.54) is 96.3 Å². The van der Waals surface area contributed by atoms with Crippen molar-refractivity contribution in [1.82, 2.24) is 5.32 Å². The van der Waals surface area contributed by atoms with E-state index in [9.17, 15) is 19.4 Å². The lowest BCUT2D eigenvalue weighted by atomic mass is 10.0. The lowest BCUT2D eigenvalue weighted by molar-refractivity contribution is -0.123. The van der Waals surface area contributed by atoms with Gasteiger partial charge in [0, 0.05) is 13.0 Å². The van der Waals surface area contributed by atoms with Gasteiger partial charge in [-0.3, -0.25) is 13.8 Å². The number of hydrogen-bond donors (Lipinski definition) is 4. The van der Waals surface area contributed by atoms with Gasteiger partial charge in [0.1, 0.15) is 0 Å². The van der Waals surface area contributed by atoms with Crippen molar-refractivity contribution in [3.05, 3.63) is 0 Å². The molecule has 0 bridgehead atoms. The zero-order chi connectivity index (χ0) is 29.7. The van der Waals surface area contributed by atoms with Crippen LogP contribution in [0.25, 0.3) is 0 Å². The fourth-order valence-corrected chi connectivity index (χ4v) is 5.66. The number of unbranched alkanes of at least 4 members (excludes halogenated alkanes) is 19. The molecule has 8 nitrogen and oxygen atoms in total. The number of carbonyl (C=O) groups excluding carboxylic acids is 1. The van der Waals surface area contributed by atoms with E-state index < -0.39 is 20.0 Å². The van der Waals surface area contributed by atoms with Crippen LogP contribution in [0, 0.1) is 0 Å². The van der Waals surface area contributed by atoms with Crippen molar-refractivity contribution < 1.29 is 28.4 Å². The maximum atomic E-state index is 12.6. The van der Waals surface area contributed by atoms with Crippen LogP contribution in [0.5, 0.6) is 0 Å². The molecule has 0 heterocycles. The lowest BCUT2D eigenvalue weighted by Crippen LogP contribution is -2.46. The third-order valence-corrected chi connectivity index (χ3v) is 8.45. The molecule has 0 rings (SSSR count). The molecule has 9 heteroatoms. The molecule has 0 radical (unpaired) electrons. The van der Waals surface area contributed by atoms with Crippen LogP contribution < -0.4 is 11.1 Å². The van der Waals surface area contributed by atoms with Crippen molar-refractivity contribution in [2.24, 2.45) is 5.73 Å². The first-order chi connectivity index (χ1) is 19.4. The highest BCUT2D eigenvalue weighted by Gasteiger charge is 2.27. The topological polar surface area (TPSA) is 131 Å². The van der Waals surface area contributed by atoms with E-state index in [2.05, 4.69) is 19.2 Å². The molecule has 0 aliphatic heterocycles. The Labute approximate surface area is 246 Å². The Morgan fingerprint density at radius 3 is 1.60 bits per heavy atom. The summed E-state index contributed by atoms with van der Waals surface area (Å²) in [6.45, 7) is 4.16. The Bertz CT molecular complexity index is 610. The molecule has 0 aromatic carbocycles. The molecule has 40 heavy (non-hydrogen) atoms. The van der Waals surface area contributed by atoms with E-state index in [1.807, 2.05) is 0 Å². The van der Waals surface area contributed by atoms with Gasteiger partial charge in [0.15, 0.2) is 0 Å². The molecule has 0 fully saturated rings. The number of nitrogens with one attached hydrogen (secondary N) is 1. The van der Waals surface area contributed by atoms with E-state index in [0.717, 1.165) is 38.5 Å². The quantitative estimate of drug-likeness (QED) is 0.0475. The molecule has 1 amide bonds. The smallest absolute Gasteiger partial charge is 0.391 e. The van der Waals surface area contributed by atoms with Gasteiger partial charge in [-0.2, -0.15) is 0 Å². The van der Waals surface area contributed by atoms with Crippen molar-refractivity contribution in [1.29, 1.82) is 0 Å². The average molecular weight is 593 g/mol. The summed E-state index contributed by atoms with van der Waals surface area (Å²) in [6, 6.07) is -0.763. The zero-order valence-electron chi connectivity index (χ0n) is 26.1. The summed E-state index contributed by atoms with van der Waals surface area (Å²) < 4.78 is 22.0. The summed E-state index contributed by atoms with van der Waals surface area (Å²) in [5.41, 5.74) is 5.34. The van der Waals surface area contributed by atoms with Crippen LogP contribution in [-0.4, -0.2) is 47.8 Å². The van der Waals surface area contributed by atoms with E-state index in [0.29, 0.717) is 12.8 Å². The summed E-state index contributed by atoms with van der Waals surface area (Å²) in [4.78, 5) is 22.4. The maximum absolute atomic E-state index is 12.6. The molecule has 0 aromatic rings. The van der Waals surface area contributed by atoms with Crippen LogP contribution in [-0.2, 0) is 18.4 Å². The minimum atomic E-state index is -4.29. The minimum Gasteiger partial charge on any atom is -0.391 e. The van der Waals surface area contributed by atoms with Gasteiger partial charge in [0.05, 0.1) is 25.4 Å². The van der Waals surface area contributed by atoms with Gasteiger partial charge in [-0.1, -0.05) is 142 Å². The second kappa shape index (κ2) is 28.6. The van der Waals surface area contributed by atoms with Gasteiger partial charge in [0.25, 0.3) is 0 Å². The highest BCUT2D eigenvalue weighted by atomic mass is 31.2. The molecule has 0 aliphatic carbocycles. The Hall–Kier alpha value is -0.500. The molecule has 0 aromatic heterocycles. The van der Waals surface area contributed by atoms with Crippen molar-refractivity contribution in [3.63, 3.8) is 0 Å². The number of rotatable bonds is 31. The first-order valence-electron chi connectivity index (χ1n) is 16.7. The molecular weight excluding hydrogens is 527 g/mol. The third kappa shape index (κ3) is 26.4. The summed E-state index contributed by atoms with van der Waals surface area (Å²) >= 11 is 0. The van der Waals surface area contributed by atoms with Gasteiger partial charge in [0.2, 0.25) is 5.91 Å². The minimum absolute atomic E-state index is 0.0917. The fraction of sp³-hybridized carbons (Fsp3) is 0.968. The first kappa shape index (κ1) is 39.5. The largest absolute Gasteiger partial charge is 0.472 e. The molecular formula is C31H65N2O6P. The number of phosphoric ester groups is 1. The van der Waals surface area contributed by atoms with Crippen LogP contribution in [0.4, 0.5) is 0 Å². The van der Waals surface area contributed by atoms with Gasteiger partial charge < -0.3 is 21.1 Å². The molecule has 0 saturated heterocycles. The van der Waals surface area contributed by atoms with Crippen LogP contribution in [0.1, 0.15) is 162 Å².